The van der Waals surface area contributed by atoms with E-state index in [1.165, 1.54) is 0 Å². The van der Waals surface area contributed by atoms with Gasteiger partial charge in [-0.05, 0) is 43.9 Å². The van der Waals surface area contributed by atoms with Crippen LogP contribution in [0.15, 0.2) is 0 Å². The minimum absolute atomic E-state index is 0.288. The van der Waals surface area contributed by atoms with Gasteiger partial charge in [0.1, 0.15) is 5.41 Å². The Kier molecular flexibility index (Phi) is 3.71. The van der Waals surface area contributed by atoms with Gasteiger partial charge in [0.05, 0.1) is 18.3 Å². The van der Waals surface area contributed by atoms with E-state index in [1.54, 1.807) is 0 Å². The fraction of sp³-hybridized carbons (Fsp3) is 0.933. The first-order chi connectivity index (χ1) is 8.43. The molecule has 1 aliphatic carbocycles. The van der Waals surface area contributed by atoms with Crippen molar-refractivity contribution >= 4 is 0 Å². The van der Waals surface area contributed by atoms with Crippen molar-refractivity contribution in [2.45, 2.75) is 64.4 Å². The van der Waals surface area contributed by atoms with Gasteiger partial charge in [-0.3, -0.25) is 0 Å². The van der Waals surface area contributed by atoms with Crippen LogP contribution in [0.2, 0.25) is 0 Å². The standard InChI is InChI=1S/C15H25NO2/c1-13(2)5-3-7-15(17,9-8-13)14(11-16)6-4-10-18-12-14/h17H,3-10,12H2,1-2H3. The van der Waals surface area contributed by atoms with Gasteiger partial charge < -0.3 is 9.84 Å². The lowest BCUT2D eigenvalue weighted by Crippen LogP contribution is -2.52. The fourth-order valence-electron chi connectivity index (χ4n) is 3.49. The van der Waals surface area contributed by atoms with Crippen molar-refractivity contribution in [1.29, 1.82) is 5.26 Å². The minimum Gasteiger partial charge on any atom is -0.388 e. The maximum Gasteiger partial charge on any atom is 0.109 e. The van der Waals surface area contributed by atoms with Crippen molar-refractivity contribution in [1.82, 2.24) is 0 Å². The summed E-state index contributed by atoms with van der Waals surface area (Å²) < 4.78 is 5.51. The topological polar surface area (TPSA) is 53.2 Å². The van der Waals surface area contributed by atoms with Gasteiger partial charge in [-0.2, -0.15) is 5.26 Å². The Hall–Kier alpha value is -0.590. The number of nitriles is 1. The summed E-state index contributed by atoms with van der Waals surface area (Å²) in [6.07, 6.45) is 6.28. The average molecular weight is 251 g/mol. The van der Waals surface area contributed by atoms with Crippen LogP contribution in [0.5, 0.6) is 0 Å². The van der Waals surface area contributed by atoms with Gasteiger partial charge in [-0.25, -0.2) is 0 Å². The Balaban J connectivity index is 2.21. The zero-order valence-electron chi connectivity index (χ0n) is 11.7. The van der Waals surface area contributed by atoms with Gasteiger partial charge in [-0.1, -0.05) is 20.3 Å². The van der Waals surface area contributed by atoms with Crippen molar-refractivity contribution < 1.29 is 9.84 Å². The van der Waals surface area contributed by atoms with Crippen LogP contribution in [-0.4, -0.2) is 23.9 Å². The molecule has 2 fully saturated rings. The molecule has 2 atom stereocenters. The number of hydrogen-bond donors (Lipinski definition) is 1. The minimum atomic E-state index is -0.851. The SMILES string of the molecule is CC1(C)CCCC(O)(C2(C#N)CCCOC2)CC1. The summed E-state index contributed by atoms with van der Waals surface area (Å²) in [5.41, 5.74) is -1.24. The van der Waals surface area contributed by atoms with Gasteiger partial charge in [0, 0.05) is 6.61 Å². The smallest absolute Gasteiger partial charge is 0.109 e. The molecule has 0 aromatic rings. The van der Waals surface area contributed by atoms with Gasteiger partial charge in [0.2, 0.25) is 0 Å². The van der Waals surface area contributed by atoms with Crippen LogP contribution < -0.4 is 0 Å². The Morgan fingerprint density at radius 3 is 2.44 bits per heavy atom. The second kappa shape index (κ2) is 4.83. The molecule has 2 unspecified atom stereocenters. The van der Waals surface area contributed by atoms with E-state index in [0.717, 1.165) is 51.6 Å². The molecule has 18 heavy (non-hydrogen) atoms. The maximum atomic E-state index is 11.1. The Labute approximate surface area is 110 Å². The molecule has 1 aliphatic heterocycles. The molecule has 3 nitrogen and oxygen atoms in total. The average Bonchev–Trinajstić information content (AvgIpc) is 2.50. The molecular weight excluding hydrogens is 226 g/mol. The summed E-state index contributed by atoms with van der Waals surface area (Å²) >= 11 is 0. The third-order valence-corrected chi connectivity index (χ3v) is 5.00. The van der Waals surface area contributed by atoms with E-state index in [2.05, 4.69) is 19.9 Å². The molecule has 3 heteroatoms. The molecule has 0 aromatic heterocycles. The van der Waals surface area contributed by atoms with E-state index in [0.29, 0.717) is 6.61 Å². The molecule has 1 N–H and O–H groups in total. The summed E-state index contributed by atoms with van der Waals surface area (Å²) in [6.45, 7) is 5.65. The van der Waals surface area contributed by atoms with Crippen molar-refractivity contribution in [2.24, 2.45) is 10.8 Å². The van der Waals surface area contributed by atoms with Crippen molar-refractivity contribution in [3.8, 4) is 6.07 Å². The highest BCUT2D eigenvalue weighted by atomic mass is 16.5. The first kappa shape index (κ1) is 13.8. The zero-order valence-corrected chi connectivity index (χ0v) is 11.7. The molecule has 0 radical (unpaired) electrons. The Morgan fingerprint density at radius 1 is 1.06 bits per heavy atom. The number of rotatable bonds is 1. The van der Waals surface area contributed by atoms with Crippen molar-refractivity contribution in [3.63, 3.8) is 0 Å². The molecule has 0 bridgehead atoms. The highest BCUT2D eigenvalue weighted by molar-refractivity contribution is 5.13. The van der Waals surface area contributed by atoms with E-state index in [4.69, 9.17) is 4.74 Å². The number of hydrogen-bond acceptors (Lipinski definition) is 3. The number of ether oxygens (including phenoxy) is 1. The fourth-order valence-corrected chi connectivity index (χ4v) is 3.49. The molecule has 0 amide bonds. The van der Waals surface area contributed by atoms with Gasteiger partial charge in [0.25, 0.3) is 0 Å². The van der Waals surface area contributed by atoms with Crippen LogP contribution >= 0.6 is 0 Å². The molecule has 1 saturated heterocycles. The second-order valence-corrected chi connectivity index (χ2v) is 6.90. The third kappa shape index (κ3) is 2.41. The van der Waals surface area contributed by atoms with Crippen molar-refractivity contribution in [2.75, 3.05) is 13.2 Å². The van der Waals surface area contributed by atoms with Gasteiger partial charge in [0.15, 0.2) is 0 Å². The van der Waals surface area contributed by atoms with E-state index in [9.17, 15) is 10.4 Å². The summed E-state index contributed by atoms with van der Waals surface area (Å²) in [5.74, 6) is 0. The van der Waals surface area contributed by atoms with Crippen LogP contribution in [-0.2, 0) is 4.74 Å². The van der Waals surface area contributed by atoms with Crippen LogP contribution in [0.25, 0.3) is 0 Å². The number of aliphatic hydroxyl groups is 1. The predicted octanol–water partition coefficient (Wildman–Crippen LogP) is 3.03. The van der Waals surface area contributed by atoms with Crippen LogP contribution in [0.4, 0.5) is 0 Å². The first-order valence-corrected chi connectivity index (χ1v) is 7.15. The van der Waals surface area contributed by atoms with Gasteiger partial charge in [-0.15, -0.1) is 0 Å². The lowest BCUT2D eigenvalue weighted by molar-refractivity contribution is -0.126. The lowest BCUT2D eigenvalue weighted by atomic mass is 9.66. The molecule has 1 heterocycles. The van der Waals surface area contributed by atoms with Crippen molar-refractivity contribution in [3.05, 3.63) is 0 Å². The highest BCUT2D eigenvalue weighted by Crippen LogP contribution is 2.49. The molecule has 2 rings (SSSR count). The molecule has 1 saturated carbocycles. The summed E-state index contributed by atoms with van der Waals surface area (Å²) in [4.78, 5) is 0. The van der Waals surface area contributed by atoms with Crippen LogP contribution in [0.3, 0.4) is 0 Å². The summed E-state index contributed by atoms with van der Waals surface area (Å²) in [6, 6.07) is 2.41. The largest absolute Gasteiger partial charge is 0.388 e. The summed E-state index contributed by atoms with van der Waals surface area (Å²) in [5, 5.41) is 20.6. The van der Waals surface area contributed by atoms with E-state index in [1.807, 2.05) is 0 Å². The second-order valence-electron chi connectivity index (χ2n) is 6.90. The lowest BCUT2D eigenvalue weighted by Gasteiger charge is -2.44. The maximum absolute atomic E-state index is 11.1. The Bertz CT molecular complexity index is 339. The Morgan fingerprint density at radius 2 is 1.83 bits per heavy atom. The first-order valence-electron chi connectivity index (χ1n) is 7.15. The van der Waals surface area contributed by atoms with E-state index >= 15 is 0 Å². The molecule has 102 valence electrons. The molecule has 2 aliphatic rings. The quantitative estimate of drug-likeness (QED) is 0.729. The van der Waals surface area contributed by atoms with E-state index in [-0.39, 0.29) is 5.41 Å². The summed E-state index contributed by atoms with van der Waals surface area (Å²) in [7, 11) is 0. The van der Waals surface area contributed by atoms with E-state index < -0.39 is 11.0 Å². The zero-order chi connectivity index (χ0) is 13.3. The molecule has 0 aromatic carbocycles. The van der Waals surface area contributed by atoms with Crippen LogP contribution in [0.1, 0.15) is 58.8 Å². The monoisotopic (exact) mass is 251 g/mol. The normalized spacial score (nSPS) is 40.8. The third-order valence-electron chi connectivity index (χ3n) is 5.00. The molecule has 0 spiro atoms. The van der Waals surface area contributed by atoms with Gasteiger partial charge >= 0.3 is 0 Å². The number of nitrogens with zero attached hydrogens (tertiary/aromatic N) is 1. The van der Waals surface area contributed by atoms with Crippen LogP contribution in [0, 0.1) is 22.2 Å². The molecular formula is C15H25NO2. The predicted molar refractivity (Wildman–Crippen MR) is 69.9 cm³/mol. The highest BCUT2D eigenvalue weighted by Gasteiger charge is 2.52.